The highest BCUT2D eigenvalue weighted by Crippen LogP contribution is 2.50. The van der Waals surface area contributed by atoms with Gasteiger partial charge in [0.25, 0.3) is 0 Å². The lowest BCUT2D eigenvalue weighted by Gasteiger charge is -2.31. The molecule has 0 radical (unpaired) electrons. The van der Waals surface area contributed by atoms with Gasteiger partial charge in [-0.05, 0) is 6.42 Å². The van der Waals surface area contributed by atoms with Crippen molar-refractivity contribution in [3.63, 3.8) is 0 Å². The van der Waals surface area contributed by atoms with Gasteiger partial charge in [-0.3, -0.25) is 0 Å². The lowest BCUT2D eigenvalue weighted by Crippen LogP contribution is -2.36. The molecule has 0 unspecified atom stereocenters. The van der Waals surface area contributed by atoms with Crippen molar-refractivity contribution in [1.82, 2.24) is 0 Å². The summed E-state index contributed by atoms with van der Waals surface area (Å²) in [5, 5.41) is 12.2. The average molecular weight is 360 g/mol. The molecule has 0 aromatic heterocycles. The fraction of sp³-hybridized carbons (Fsp3) is 0.429. The summed E-state index contributed by atoms with van der Waals surface area (Å²) < 4.78 is 19.8. The van der Waals surface area contributed by atoms with Gasteiger partial charge in [-0.25, -0.2) is 0 Å². The molecule has 0 spiro atoms. The third-order valence-electron chi connectivity index (χ3n) is 4.56. The van der Waals surface area contributed by atoms with Crippen LogP contribution in [0.5, 0.6) is 0 Å². The fourth-order valence-corrected chi connectivity index (χ4v) is 6.26. The zero-order valence-corrected chi connectivity index (χ0v) is 16.1. The molecule has 0 bridgehead atoms. The number of benzene rings is 2. The predicted molar refractivity (Wildman–Crippen MR) is 105 cm³/mol. The van der Waals surface area contributed by atoms with Crippen LogP contribution in [0.4, 0.5) is 0 Å². The molecule has 4 heteroatoms. The SMILES string of the molecule is CCCCCC[C@@H](O)[C@@H](OC)P(=O)(c1ccccc1)c1ccccc1. The van der Waals surface area contributed by atoms with E-state index in [1.54, 1.807) is 7.11 Å². The van der Waals surface area contributed by atoms with Crippen LogP contribution in [0.25, 0.3) is 0 Å². The molecule has 0 heterocycles. The van der Waals surface area contributed by atoms with Crippen molar-refractivity contribution in [1.29, 1.82) is 0 Å². The second-order valence-electron chi connectivity index (χ2n) is 6.37. The van der Waals surface area contributed by atoms with Gasteiger partial charge >= 0.3 is 0 Å². The van der Waals surface area contributed by atoms with Crippen LogP contribution in [0, 0.1) is 0 Å². The Morgan fingerprint density at radius 3 is 1.88 bits per heavy atom. The van der Waals surface area contributed by atoms with E-state index in [9.17, 15) is 9.67 Å². The monoisotopic (exact) mass is 360 g/mol. The van der Waals surface area contributed by atoms with Crippen LogP contribution < -0.4 is 10.6 Å². The van der Waals surface area contributed by atoms with Crippen molar-refractivity contribution in [3.05, 3.63) is 60.7 Å². The first kappa shape index (κ1) is 19.9. The maximum atomic E-state index is 14.2. The average Bonchev–Trinajstić information content (AvgIpc) is 2.67. The molecule has 136 valence electrons. The van der Waals surface area contributed by atoms with Crippen molar-refractivity contribution in [3.8, 4) is 0 Å². The first-order valence-electron chi connectivity index (χ1n) is 9.06. The van der Waals surface area contributed by atoms with Gasteiger partial charge in [-0.2, -0.15) is 0 Å². The summed E-state index contributed by atoms with van der Waals surface area (Å²) in [6.07, 6.45) is 4.13. The summed E-state index contributed by atoms with van der Waals surface area (Å²) in [4.78, 5) is 0. The summed E-state index contributed by atoms with van der Waals surface area (Å²) in [6.45, 7) is 2.16. The molecule has 2 aromatic carbocycles. The van der Waals surface area contributed by atoms with Crippen LogP contribution in [-0.4, -0.2) is 24.2 Å². The third kappa shape index (κ3) is 4.82. The lowest BCUT2D eigenvalue weighted by atomic mass is 10.1. The van der Waals surface area contributed by atoms with E-state index in [-0.39, 0.29) is 0 Å². The van der Waals surface area contributed by atoms with Crippen molar-refractivity contribution >= 4 is 17.8 Å². The Hall–Kier alpha value is -1.41. The van der Waals surface area contributed by atoms with Gasteiger partial charge in [-0.1, -0.05) is 93.3 Å². The molecule has 0 aliphatic carbocycles. The maximum Gasteiger partial charge on any atom is 0.173 e. The van der Waals surface area contributed by atoms with Crippen LogP contribution in [-0.2, 0) is 9.30 Å². The molecule has 0 aliphatic rings. The summed E-state index contributed by atoms with van der Waals surface area (Å²) in [5.41, 5.74) is 0. The summed E-state index contributed by atoms with van der Waals surface area (Å²) in [5.74, 6) is -0.737. The van der Waals surface area contributed by atoms with E-state index in [1.165, 1.54) is 0 Å². The number of methoxy groups -OCH3 is 1. The topological polar surface area (TPSA) is 46.5 Å². The van der Waals surface area contributed by atoms with Gasteiger partial charge in [0.2, 0.25) is 0 Å². The van der Waals surface area contributed by atoms with E-state index < -0.39 is 19.1 Å². The van der Waals surface area contributed by atoms with E-state index in [4.69, 9.17) is 4.74 Å². The quantitative estimate of drug-likeness (QED) is 0.507. The van der Waals surface area contributed by atoms with E-state index in [2.05, 4.69) is 6.92 Å². The third-order valence-corrected chi connectivity index (χ3v) is 7.96. The van der Waals surface area contributed by atoms with Crippen LogP contribution in [0.3, 0.4) is 0 Å². The number of ether oxygens (including phenoxy) is 1. The van der Waals surface area contributed by atoms with E-state index in [0.717, 1.165) is 36.3 Å². The Labute approximate surface area is 151 Å². The maximum absolute atomic E-state index is 14.2. The minimum atomic E-state index is -3.12. The van der Waals surface area contributed by atoms with E-state index in [1.807, 2.05) is 60.7 Å². The molecule has 25 heavy (non-hydrogen) atoms. The Morgan fingerprint density at radius 2 is 1.44 bits per heavy atom. The minimum Gasteiger partial charge on any atom is -0.390 e. The van der Waals surface area contributed by atoms with Gasteiger partial charge in [-0.15, -0.1) is 0 Å². The first-order valence-corrected chi connectivity index (χ1v) is 10.8. The molecule has 3 nitrogen and oxygen atoms in total. The highest BCUT2D eigenvalue weighted by atomic mass is 31.2. The van der Waals surface area contributed by atoms with Crippen molar-refractivity contribution < 1.29 is 14.4 Å². The minimum absolute atomic E-state index is 0.599. The van der Waals surface area contributed by atoms with Crippen molar-refractivity contribution in [2.45, 2.75) is 51.0 Å². The van der Waals surface area contributed by atoms with Crippen LogP contribution in [0.15, 0.2) is 60.7 Å². The lowest BCUT2D eigenvalue weighted by molar-refractivity contribution is 0.0300. The smallest absolute Gasteiger partial charge is 0.173 e. The molecule has 2 aromatic rings. The van der Waals surface area contributed by atoms with E-state index >= 15 is 0 Å². The molecule has 2 atom stereocenters. The first-order chi connectivity index (χ1) is 12.1. The standard InChI is InChI=1S/C21H29O3P/c1-3-4-5-12-17-20(22)21(24-2)25(23,18-13-8-6-9-14-18)19-15-10-7-11-16-19/h6-11,13-16,20-22H,3-5,12,17H2,1-2H3/t20-,21+/m1/s1. The molecule has 0 fully saturated rings. The zero-order valence-electron chi connectivity index (χ0n) is 15.2. The van der Waals surface area contributed by atoms with Crippen LogP contribution >= 0.6 is 7.14 Å². The number of hydrogen-bond donors (Lipinski definition) is 1. The normalized spacial score (nSPS) is 14.2. The Bertz CT molecular complexity index is 614. The van der Waals surface area contributed by atoms with Gasteiger partial charge in [0.05, 0.1) is 6.10 Å². The predicted octanol–water partition coefficient (Wildman–Crippen LogP) is 4.30. The van der Waals surface area contributed by atoms with Gasteiger partial charge < -0.3 is 14.4 Å². The summed E-state index contributed by atoms with van der Waals surface area (Å²) in [6, 6.07) is 18.8. The molecule has 0 saturated heterocycles. The molecule has 1 N–H and O–H groups in total. The van der Waals surface area contributed by atoms with Gasteiger partial charge in [0.15, 0.2) is 7.14 Å². The second-order valence-corrected chi connectivity index (χ2v) is 9.23. The van der Waals surface area contributed by atoms with Crippen LogP contribution in [0.1, 0.15) is 39.0 Å². The molecular formula is C21H29O3P. The molecule has 0 amide bonds. The van der Waals surface area contributed by atoms with Gasteiger partial charge in [0.1, 0.15) is 5.85 Å². The van der Waals surface area contributed by atoms with Crippen molar-refractivity contribution in [2.75, 3.05) is 7.11 Å². The molecule has 0 aliphatic heterocycles. The number of hydrogen-bond acceptors (Lipinski definition) is 3. The number of aliphatic hydroxyl groups is 1. The van der Waals surface area contributed by atoms with Gasteiger partial charge in [0, 0.05) is 17.7 Å². The molecular weight excluding hydrogens is 331 g/mol. The highest BCUT2D eigenvalue weighted by molar-refractivity contribution is 7.79. The highest BCUT2D eigenvalue weighted by Gasteiger charge is 2.41. The van der Waals surface area contributed by atoms with Crippen molar-refractivity contribution in [2.24, 2.45) is 0 Å². The Kier molecular flexibility index (Phi) is 7.90. The summed E-state index contributed by atoms with van der Waals surface area (Å²) in [7, 11) is -1.58. The van der Waals surface area contributed by atoms with Crippen LogP contribution in [0.2, 0.25) is 0 Å². The second kappa shape index (κ2) is 9.91. The number of unbranched alkanes of at least 4 members (excludes halogenated alkanes) is 3. The number of rotatable bonds is 10. The summed E-state index contributed by atoms with van der Waals surface area (Å²) >= 11 is 0. The zero-order chi connectivity index (χ0) is 18.1. The Balaban J connectivity index is 2.35. The molecule has 0 saturated carbocycles. The Morgan fingerprint density at radius 1 is 0.920 bits per heavy atom. The molecule has 2 rings (SSSR count). The number of aliphatic hydroxyl groups excluding tert-OH is 1. The fourth-order valence-electron chi connectivity index (χ4n) is 3.21. The van der Waals surface area contributed by atoms with E-state index in [0.29, 0.717) is 6.42 Å². The largest absolute Gasteiger partial charge is 0.390 e.